The zero-order valence-corrected chi connectivity index (χ0v) is 13.5. The Morgan fingerprint density at radius 3 is 2.00 bits per heavy atom. The van der Waals surface area contributed by atoms with Crippen molar-refractivity contribution in [2.75, 3.05) is 12.4 Å². The van der Waals surface area contributed by atoms with Crippen molar-refractivity contribution in [2.24, 2.45) is 5.41 Å². The van der Waals surface area contributed by atoms with Crippen LogP contribution in [0.5, 0.6) is 5.75 Å². The van der Waals surface area contributed by atoms with E-state index in [0.29, 0.717) is 0 Å². The van der Waals surface area contributed by atoms with Gasteiger partial charge in [0.05, 0.1) is 6.61 Å². The molecule has 0 saturated carbocycles. The Balaban J connectivity index is 2.63. The van der Waals surface area contributed by atoms with Gasteiger partial charge in [0, 0.05) is 5.41 Å². The lowest BCUT2D eigenvalue weighted by Gasteiger charge is -2.31. The van der Waals surface area contributed by atoms with Gasteiger partial charge < -0.3 is 4.74 Å². The summed E-state index contributed by atoms with van der Waals surface area (Å²) in [4.78, 5) is 0. The highest BCUT2D eigenvalue weighted by molar-refractivity contribution is 7.80. The van der Waals surface area contributed by atoms with Gasteiger partial charge in [-0.05, 0) is 42.7 Å². The minimum atomic E-state index is 0.232. The van der Waals surface area contributed by atoms with Crippen molar-refractivity contribution in [3.05, 3.63) is 29.8 Å². The molecule has 1 nitrogen and oxygen atoms in total. The summed E-state index contributed by atoms with van der Waals surface area (Å²) in [5, 5.41) is 0. The van der Waals surface area contributed by atoms with Crippen LogP contribution in [0.3, 0.4) is 0 Å². The van der Waals surface area contributed by atoms with Gasteiger partial charge in [-0.2, -0.15) is 12.6 Å². The largest absolute Gasteiger partial charge is 0.493 e. The van der Waals surface area contributed by atoms with Crippen LogP contribution in [0, 0.1) is 5.41 Å². The predicted octanol–water partition coefficient (Wildman–Crippen LogP) is 5.14. The van der Waals surface area contributed by atoms with Crippen LogP contribution >= 0.6 is 12.6 Å². The molecule has 0 aromatic heterocycles. The Kier molecular flexibility index (Phi) is 7.37. The number of thiol groups is 1. The molecule has 108 valence electrons. The summed E-state index contributed by atoms with van der Waals surface area (Å²) in [5.41, 5.74) is 1.59. The van der Waals surface area contributed by atoms with E-state index in [2.05, 4.69) is 57.7 Å². The van der Waals surface area contributed by atoms with E-state index in [0.717, 1.165) is 24.5 Å². The minimum absolute atomic E-state index is 0.232. The third-order valence-corrected chi connectivity index (χ3v) is 4.44. The average Bonchev–Trinajstić information content (AvgIpc) is 2.46. The number of rotatable bonds is 9. The van der Waals surface area contributed by atoms with E-state index in [1.807, 2.05) is 0 Å². The molecule has 0 aliphatic heterocycles. The fourth-order valence-electron chi connectivity index (χ4n) is 2.59. The molecule has 0 fully saturated rings. The van der Waals surface area contributed by atoms with Crippen LogP contribution in [-0.4, -0.2) is 12.4 Å². The predicted molar refractivity (Wildman–Crippen MR) is 87.4 cm³/mol. The lowest BCUT2D eigenvalue weighted by Crippen LogP contribution is -2.30. The van der Waals surface area contributed by atoms with E-state index in [9.17, 15) is 0 Å². The maximum Gasteiger partial charge on any atom is 0.119 e. The molecule has 1 rings (SSSR count). The smallest absolute Gasteiger partial charge is 0.119 e. The van der Waals surface area contributed by atoms with Crippen molar-refractivity contribution in [3.8, 4) is 5.75 Å². The first-order valence-corrected chi connectivity index (χ1v) is 8.15. The Morgan fingerprint density at radius 1 is 1.00 bits per heavy atom. The van der Waals surface area contributed by atoms with Gasteiger partial charge in [-0.25, -0.2) is 0 Å². The molecule has 0 atom stereocenters. The van der Waals surface area contributed by atoms with Crippen molar-refractivity contribution in [2.45, 2.75) is 52.9 Å². The molecule has 0 heterocycles. The molecule has 0 saturated heterocycles. The van der Waals surface area contributed by atoms with E-state index in [1.54, 1.807) is 0 Å². The Morgan fingerprint density at radius 2 is 1.58 bits per heavy atom. The number of ether oxygens (including phenoxy) is 1. The van der Waals surface area contributed by atoms with Crippen molar-refractivity contribution in [3.63, 3.8) is 0 Å². The molecule has 19 heavy (non-hydrogen) atoms. The molecule has 0 spiro atoms. The fourth-order valence-corrected chi connectivity index (χ4v) is 3.00. The molecule has 0 N–H and O–H groups in total. The van der Waals surface area contributed by atoms with E-state index in [-0.39, 0.29) is 5.41 Å². The van der Waals surface area contributed by atoms with E-state index in [4.69, 9.17) is 4.74 Å². The van der Waals surface area contributed by atoms with Crippen LogP contribution in [0.1, 0.15) is 52.0 Å². The van der Waals surface area contributed by atoms with Gasteiger partial charge in [-0.1, -0.05) is 45.7 Å². The van der Waals surface area contributed by atoms with E-state index >= 15 is 0 Å². The van der Waals surface area contributed by atoms with Crippen LogP contribution in [0.4, 0.5) is 0 Å². The first-order chi connectivity index (χ1) is 9.19. The maximum absolute atomic E-state index is 6.02. The first kappa shape index (κ1) is 16.4. The number of hydrogen-bond acceptors (Lipinski definition) is 2. The van der Waals surface area contributed by atoms with Crippen LogP contribution < -0.4 is 4.74 Å². The summed E-state index contributed by atoms with van der Waals surface area (Å²) in [7, 11) is 0. The first-order valence-electron chi connectivity index (χ1n) is 7.52. The molecule has 0 aliphatic rings. The van der Waals surface area contributed by atoms with Crippen LogP contribution in [0.25, 0.3) is 0 Å². The summed E-state index contributed by atoms with van der Waals surface area (Å²) >= 11 is 4.57. The summed E-state index contributed by atoms with van der Waals surface area (Å²) in [6.07, 6.45) is 5.85. The highest BCUT2D eigenvalue weighted by Crippen LogP contribution is 2.32. The van der Waals surface area contributed by atoms with Crippen molar-refractivity contribution in [1.29, 1.82) is 0 Å². The Labute approximate surface area is 124 Å². The van der Waals surface area contributed by atoms with Gasteiger partial charge in [0.2, 0.25) is 0 Å². The van der Waals surface area contributed by atoms with Gasteiger partial charge in [-0.15, -0.1) is 0 Å². The third-order valence-electron chi connectivity index (χ3n) is 3.77. The molecule has 0 radical (unpaired) electrons. The lowest BCUT2D eigenvalue weighted by atomic mass is 9.82. The molecular formula is C17H28OS. The minimum Gasteiger partial charge on any atom is -0.493 e. The van der Waals surface area contributed by atoms with Crippen LogP contribution in [0.2, 0.25) is 0 Å². The van der Waals surface area contributed by atoms with Gasteiger partial charge in [-0.3, -0.25) is 0 Å². The maximum atomic E-state index is 6.02. The van der Waals surface area contributed by atoms with Crippen molar-refractivity contribution < 1.29 is 4.74 Å². The molecule has 0 bridgehead atoms. The second-order valence-corrected chi connectivity index (χ2v) is 5.76. The summed E-state index contributed by atoms with van der Waals surface area (Å²) < 4.78 is 6.02. The molecular weight excluding hydrogens is 252 g/mol. The monoisotopic (exact) mass is 280 g/mol. The van der Waals surface area contributed by atoms with Crippen LogP contribution in [0.15, 0.2) is 24.3 Å². The molecule has 0 aliphatic carbocycles. The second kappa shape index (κ2) is 8.52. The van der Waals surface area contributed by atoms with Gasteiger partial charge in [0.1, 0.15) is 5.75 Å². The van der Waals surface area contributed by atoms with E-state index in [1.165, 1.54) is 31.2 Å². The zero-order valence-electron chi connectivity index (χ0n) is 12.6. The van der Waals surface area contributed by atoms with Crippen LogP contribution in [-0.2, 0) is 6.42 Å². The standard InChI is InChI=1S/C17H28OS/c1-4-11-17(14-19,12-5-2)13-18-16-9-7-15(6-3)8-10-16/h7-10,19H,4-6,11-14H2,1-3H3. The van der Waals surface area contributed by atoms with E-state index < -0.39 is 0 Å². The normalized spacial score (nSPS) is 11.6. The van der Waals surface area contributed by atoms with Gasteiger partial charge >= 0.3 is 0 Å². The highest BCUT2D eigenvalue weighted by atomic mass is 32.1. The van der Waals surface area contributed by atoms with Crippen molar-refractivity contribution >= 4 is 12.6 Å². The molecule has 1 aromatic carbocycles. The lowest BCUT2D eigenvalue weighted by molar-refractivity contribution is 0.143. The Bertz CT molecular complexity index is 339. The van der Waals surface area contributed by atoms with Gasteiger partial charge in [0.15, 0.2) is 0 Å². The molecule has 2 heteroatoms. The molecule has 0 unspecified atom stereocenters. The van der Waals surface area contributed by atoms with Crippen molar-refractivity contribution in [1.82, 2.24) is 0 Å². The van der Waals surface area contributed by atoms with Gasteiger partial charge in [0.25, 0.3) is 0 Å². The Hall–Kier alpha value is -0.630. The topological polar surface area (TPSA) is 9.23 Å². The zero-order chi connectivity index (χ0) is 14.1. The molecule has 1 aromatic rings. The highest BCUT2D eigenvalue weighted by Gasteiger charge is 2.27. The quantitative estimate of drug-likeness (QED) is 0.616. The summed E-state index contributed by atoms with van der Waals surface area (Å²) in [6.45, 7) is 7.43. The third kappa shape index (κ3) is 5.10. The average molecular weight is 280 g/mol. The summed E-state index contributed by atoms with van der Waals surface area (Å²) in [6, 6.07) is 8.47. The number of aryl methyl sites for hydroxylation is 1. The number of hydrogen-bond donors (Lipinski definition) is 1. The fraction of sp³-hybridized carbons (Fsp3) is 0.647. The SMILES string of the molecule is CCCC(CS)(CCC)COc1ccc(CC)cc1. The summed E-state index contributed by atoms with van der Waals surface area (Å²) in [5.74, 6) is 1.89. The number of benzene rings is 1. The molecule has 0 amide bonds. The second-order valence-electron chi connectivity index (χ2n) is 5.44.